The quantitative estimate of drug-likeness (QED) is 0.653. The molecule has 1 heterocycles. The van der Waals surface area contributed by atoms with Crippen molar-refractivity contribution in [2.75, 3.05) is 44.5 Å². The maximum atomic E-state index is 5.38. The van der Waals surface area contributed by atoms with Crippen LogP contribution in [0.2, 0.25) is 0 Å². The summed E-state index contributed by atoms with van der Waals surface area (Å²) in [5, 5.41) is 6.65. The minimum Gasteiger partial charge on any atom is -0.496 e. The highest BCUT2D eigenvalue weighted by Gasteiger charge is 2.04. The molecule has 0 aliphatic carbocycles. The third kappa shape index (κ3) is 5.70. The Kier molecular flexibility index (Phi) is 7.29. The molecule has 6 nitrogen and oxygen atoms in total. The molecule has 0 spiro atoms. The predicted octanol–water partition coefficient (Wildman–Crippen LogP) is 2.90. The lowest BCUT2D eigenvalue weighted by Crippen LogP contribution is -2.11. The first-order chi connectivity index (χ1) is 11.7. The van der Waals surface area contributed by atoms with Crippen molar-refractivity contribution in [3.8, 4) is 5.75 Å². The van der Waals surface area contributed by atoms with E-state index in [1.165, 1.54) is 5.56 Å². The number of hydrogen-bond acceptors (Lipinski definition) is 6. The van der Waals surface area contributed by atoms with Crippen LogP contribution in [-0.2, 0) is 11.2 Å². The van der Waals surface area contributed by atoms with Crippen LogP contribution in [0.15, 0.2) is 30.3 Å². The number of nitrogens with zero attached hydrogens (tertiary/aromatic N) is 2. The molecule has 0 bridgehead atoms. The molecule has 0 amide bonds. The molecule has 0 radical (unpaired) electrons. The summed E-state index contributed by atoms with van der Waals surface area (Å²) < 4.78 is 10.4. The number of anilines is 2. The smallest absolute Gasteiger partial charge is 0.131 e. The van der Waals surface area contributed by atoms with Crippen LogP contribution in [0.4, 0.5) is 11.6 Å². The monoisotopic (exact) mass is 330 g/mol. The molecule has 0 saturated carbocycles. The molecule has 2 rings (SSSR count). The van der Waals surface area contributed by atoms with E-state index in [-0.39, 0.29) is 0 Å². The van der Waals surface area contributed by atoms with Crippen molar-refractivity contribution in [2.24, 2.45) is 0 Å². The van der Waals surface area contributed by atoms with E-state index in [1.54, 1.807) is 14.2 Å². The van der Waals surface area contributed by atoms with Crippen molar-refractivity contribution < 1.29 is 9.47 Å². The lowest BCUT2D eigenvalue weighted by Gasteiger charge is -2.11. The number of aryl methyl sites for hydroxylation is 1. The van der Waals surface area contributed by atoms with E-state index in [0.717, 1.165) is 55.7 Å². The molecule has 0 aliphatic heterocycles. The average molecular weight is 330 g/mol. The van der Waals surface area contributed by atoms with Gasteiger partial charge in [0, 0.05) is 32.9 Å². The van der Waals surface area contributed by atoms with E-state index in [1.807, 2.05) is 31.2 Å². The van der Waals surface area contributed by atoms with Crippen molar-refractivity contribution in [1.29, 1.82) is 0 Å². The van der Waals surface area contributed by atoms with Gasteiger partial charge >= 0.3 is 0 Å². The molecule has 2 aromatic rings. The summed E-state index contributed by atoms with van der Waals surface area (Å²) in [5.74, 6) is 3.32. The summed E-state index contributed by atoms with van der Waals surface area (Å²) in [6, 6.07) is 9.99. The van der Waals surface area contributed by atoms with Gasteiger partial charge in [-0.2, -0.15) is 0 Å². The van der Waals surface area contributed by atoms with E-state index in [9.17, 15) is 0 Å². The van der Waals surface area contributed by atoms with Crippen molar-refractivity contribution in [3.63, 3.8) is 0 Å². The van der Waals surface area contributed by atoms with Gasteiger partial charge in [0.05, 0.1) is 7.11 Å². The van der Waals surface area contributed by atoms with E-state index in [0.29, 0.717) is 0 Å². The van der Waals surface area contributed by atoms with E-state index in [2.05, 4.69) is 26.7 Å². The van der Waals surface area contributed by atoms with Crippen LogP contribution >= 0.6 is 0 Å². The number of benzene rings is 1. The Morgan fingerprint density at radius 3 is 2.42 bits per heavy atom. The van der Waals surface area contributed by atoms with Gasteiger partial charge in [0.2, 0.25) is 0 Å². The van der Waals surface area contributed by atoms with E-state index in [4.69, 9.17) is 9.47 Å². The Morgan fingerprint density at radius 2 is 1.71 bits per heavy atom. The molecular weight excluding hydrogens is 304 g/mol. The largest absolute Gasteiger partial charge is 0.496 e. The zero-order valence-corrected chi connectivity index (χ0v) is 14.6. The molecule has 0 aliphatic rings. The number of aromatic nitrogens is 2. The number of para-hydroxylation sites is 1. The Balaban J connectivity index is 1.88. The Labute approximate surface area is 143 Å². The molecule has 2 N–H and O–H groups in total. The molecule has 0 unspecified atom stereocenters. The normalized spacial score (nSPS) is 10.5. The first-order valence-corrected chi connectivity index (χ1v) is 8.17. The second-order valence-corrected chi connectivity index (χ2v) is 5.45. The van der Waals surface area contributed by atoms with Crippen molar-refractivity contribution >= 4 is 11.6 Å². The molecule has 1 aromatic heterocycles. The van der Waals surface area contributed by atoms with Crippen molar-refractivity contribution in [1.82, 2.24) is 9.97 Å². The molecule has 24 heavy (non-hydrogen) atoms. The van der Waals surface area contributed by atoms with Crippen LogP contribution in [0, 0.1) is 6.92 Å². The van der Waals surface area contributed by atoms with Crippen molar-refractivity contribution in [2.45, 2.75) is 19.8 Å². The van der Waals surface area contributed by atoms with Gasteiger partial charge in [-0.25, -0.2) is 9.97 Å². The van der Waals surface area contributed by atoms with Gasteiger partial charge in [-0.1, -0.05) is 18.2 Å². The van der Waals surface area contributed by atoms with Crippen LogP contribution in [-0.4, -0.2) is 43.9 Å². The van der Waals surface area contributed by atoms with Crippen LogP contribution in [0.1, 0.15) is 17.8 Å². The molecule has 0 fully saturated rings. The zero-order valence-electron chi connectivity index (χ0n) is 14.6. The zero-order chi connectivity index (χ0) is 17.2. The van der Waals surface area contributed by atoms with Crippen LogP contribution in [0.25, 0.3) is 0 Å². The van der Waals surface area contributed by atoms with Crippen LogP contribution in [0.5, 0.6) is 5.75 Å². The molecule has 130 valence electrons. The molecular formula is C18H26N4O2. The van der Waals surface area contributed by atoms with Crippen LogP contribution < -0.4 is 15.4 Å². The maximum Gasteiger partial charge on any atom is 0.131 e. The van der Waals surface area contributed by atoms with E-state index < -0.39 is 0 Å². The Morgan fingerprint density at radius 1 is 1.00 bits per heavy atom. The second-order valence-electron chi connectivity index (χ2n) is 5.45. The third-order valence-corrected chi connectivity index (χ3v) is 3.56. The van der Waals surface area contributed by atoms with Crippen molar-refractivity contribution in [3.05, 3.63) is 41.7 Å². The maximum absolute atomic E-state index is 5.38. The van der Waals surface area contributed by atoms with E-state index >= 15 is 0 Å². The summed E-state index contributed by atoms with van der Waals surface area (Å²) >= 11 is 0. The molecule has 6 heteroatoms. The molecule has 0 atom stereocenters. The number of methoxy groups -OCH3 is 2. The highest BCUT2D eigenvalue weighted by atomic mass is 16.5. The summed E-state index contributed by atoms with van der Waals surface area (Å²) in [4.78, 5) is 8.84. The fraction of sp³-hybridized carbons (Fsp3) is 0.444. The van der Waals surface area contributed by atoms with Crippen LogP contribution in [0.3, 0.4) is 0 Å². The summed E-state index contributed by atoms with van der Waals surface area (Å²) in [6.45, 7) is 4.23. The highest BCUT2D eigenvalue weighted by molar-refractivity contribution is 5.47. The lowest BCUT2D eigenvalue weighted by atomic mass is 10.1. The summed E-state index contributed by atoms with van der Waals surface area (Å²) in [6.07, 6.45) is 1.81. The Bertz CT molecular complexity index is 634. The highest BCUT2D eigenvalue weighted by Crippen LogP contribution is 2.18. The number of ether oxygens (including phenoxy) is 2. The predicted molar refractivity (Wildman–Crippen MR) is 96.9 cm³/mol. The minimum atomic E-state index is 0.737. The Hall–Kier alpha value is -2.34. The number of nitrogens with one attached hydrogen (secondary N) is 2. The number of hydrogen-bond donors (Lipinski definition) is 2. The van der Waals surface area contributed by atoms with Gasteiger partial charge in [-0.05, 0) is 31.4 Å². The van der Waals surface area contributed by atoms with Gasteiger partial charge in [0.15, 0.2) is 0 Å². The van der Waals surface area contributed by atoms with Gasteiger partial charge in [-0.3, -0.25) is 0 Å². The first kappa shape index (κ1) is 18.0. The topological polar surface area (TPSA) is 68.3 Å². The second kappa shape index (κ2) is 9.72. The fourth-order valence-electron chi connectivity index (χ4n) is 2.42. The van der Waals surface area contributed by atoms with Gasteiger partial charge in [0.25, 0.3) is 0 Å². The molecule has 0 saturated heterocycles. The van der Waals surface area contributed by atoms with Gasteiger partial charge in [0.1, 0.15) is 23.2 Å². The average Bonchev–Trinajstić information content (AvgIpc) is 2.59. The first-order valence-electron chi connectivity index (χ1n) is 8.17. The SMILES string of the molecule is COCCCNc1cc(NCCc2ccccc2OC)nc(C)n1. The summed E-state index contributed by atoms with van der Waals surface area (Å²) in [5.41, 5.74) is 1.18. The van der Waals surface area contributed by atoms with Gasteiger partial charge < -0.3 is 20.1 Å². The third-order valence-electron chi connectivity index (χ3n) is 3.56. The lowest BCUT2D eigenvalue weighted by molar-refractivity contribution is 0.198. The standard InChI is InChI=1S/C18H26N4O2/c1-14-21-17(19-10-6-12-23-2)13-18(22-14)20-11-9-15-7-4-5-8-16(15)24-3/h4-5,7-8,13H,6,9-12H2,1-3H3,(H2,19,20,21,22). The molecule has 1 aromatic carbocycles. The summed E-state index contributed by atoms with van der Waals surface area (Å²) in [7, 11) is 3.40. The fourth-order valence-corrected chi connectivity index (χ4v) is 2.42. The number of rotatable bonds is 10. The van der Waals surface area contributed by atoms with Gasteiger partial charge in [-0.15, -0.1) is 0 Å². The minimum absolute atomic E-state index is 0.737.